The zero-order valence-electron chi connectivity index (χ0n) is 10.6. The Kier molecular flexibility index (Phi) is 5.61. The molecule has 1 aromatic carbocycles. The molecule has 0 amide bonds. The number of hydrogen-bond donors (Lipinski definition) is 6. The van der Waals surface area contributed by atoms with Gasteiger partial charge in [0.05, 0.1) is 6.61 Å². The van der Waals surface area contributed by atoms with E-state index < -0.39 is 42.9 Å². The van der Waals surface area contributed by atoms with Gasteiger partial charge in [0.1, 0.15) is 18.3 Å². The van der Waals surface area contributed by atoms with Crippen molar-refractivity contribution in [1.29, 1.82) is 0 Å². The van der Waals surface area contributed by atoms with Crippen LogP contribution in [-0.4, -0.2) is 67.1 Å². The Morgan fingerprint density at radius 2 is 1.70 bits per heavy atom. The molecule has 7 nitrogen and oxygen atoms in total. The first-order chi connectivity index (χ1) is 9.32. The van der Waals surface area contributed by atoms with Crippen LogP contribution in [-0.2, 0) is 11.2 Å². The summed E-state index contributed by atoms with van der Waals surface area (Å²) in [6.07, 6.45) is -6.38. The van der Waals surface area contributed by atoms with Crippen LogP contribution in [0.25, 0.3) is 0 Å². The van der Waals surface area contributed by atoms with Gasteiger partial charge in [-0.1, -0.05) is 30.3 Å². The number of aliphatic hydroxyl groups is 5. The zero-order valence-corrected chi connectivity index (χ0v) is 10.6. The predicted molar refractivity (Wildman–Crippen MR) is 67.8 cm³/mol. The van der Waals surface area contributed by atoms with Gasteiger partial charge in [-0.2, -0.15) is 0 Å². The summed E-state index contributed by atoms with van der Waals surface area (Å²) in [5, 5.41) is 56.6. The fourth-order valence-corrected chi connectivity index (χ4v) is 1.81. The van der Waals surface area contributed by atoms with Crippen LogP contribution in [0.2, 0.25) is 0 Å². The molecule has 0 fully saturated rings. The van der Waals surface area contributed by atoms with Crippen LogP contribution in [0.4, 0.5) is 0 Å². The van der Waals surface area contributed by atoms with Crippen molar-refractivity contribution < 1.29 is 35.4 Å². The standard InChI is InChI=1S/C13H18O7/c14-7-9(15)10(16)11(17)13(20,12(18)19)6-8-4-2-1-3-5-8/h1-5,9-11,14-17,20H,6-7H2,(H,18,19)/t9-,10-,11+,13-/m1/s1. The van der Waals surface area contributed by atoms with Gasteiger partial charge >= 0.3 is 5.97 Å². The average molecular weight is 286 g/mol. The van der Waals surface area contributed by atoms with Crippen molar-refractivity contribution in [3.05, 3.63) is 35.9 Å². The highest BCUT2D eigenvalue weighted by atomic mass is 16.4. The van der Waals surface area contributed by atoms with Crippen molar-refractivity contribution >= 4 is 5.97 Å². The van der Waals surface area contributed by atoms with Crippen LogP contribution in [0.3, 0.4) is 0 Å². The first-order valence-electron chi connectivity index (χ1n) is 5.97. The SMILES string of the molecule is O=C(O)[C@@](O)(Cc1ccccc1)[C@@H](O)[C@H](O)[C@H](O)CO. The molecule has 0 aliphatic rings. The van der Waals surface area contributed by atoms with E-state index in [-0.39, 0.29) is 0 Å². The van der Waals surface area contributed by atoms with E-state index in [4.69, 9.17) is 10.2 Å². The molecule has 20 heavy (non-hydrogen) atoms. The molecule has 0 spiro atoms. The van der Waals surface area contributed by atoms with Gasteiger partial charge in [-0.25, -0.2) is 4.79 Å². The summed E-state index contributed by atoms with van der Waals surface area (Å²) in [6.45, 7) is -0.876. The van der Waals surface area contributed by atoms with Gasteiger partial charge in [-0.05, 0) is 5.56 Å². The zero-order chi connectivity index (χ0) is 15.3. The number of benzene rings is 1. The summed E-state index contributed by atoms with van der Waals surface area (Å²) >= 11 is 0. The molecule has 1 rings (SSSR count). The minimum atomic E-state index is -2.68. The van der Waals surface area contributed by atoms with E-state index in [1.54, 1.807) is 30.3 Å². The first kappa shape index (κ1) is 16.5. The molecule has 0 unspecified atom stereocenters. The van der Waals surface area contributed by atoms with Gasteiger partial charge in [-0.3, -0.25) is 0 Å². The molecule has 0 aromatic heterocycles. The lowest BCUT2D eigenvalue weighted by atomic mass is 9.85. The molecule has 6 N–H and O–H groups in total. The van der Waals surface area contributed by atoms with Gasteiger partial charge in [-0.15, -0.1) is 0 Å². The van der Waals surface area contributed by atoms with Crippen LogP contribution < -0.4 is 0 Å². The van der Waals surface area contributed by atoms with Crippen molar-refractivity contribution in [3.8, 4) is 0 Å². The van der Waals surface area contributed by atoms with Crippen LogP contribution in [0.1, 0.15) is 5.56 Å². The smallest absolute Gasteiger partial charge is 0.338 e. The third-order valence-corrected chi connectivity index (χ3v) is 3.08. The Hall–Kier alpha value is -1.51. The second kappa shape index (κ2) is 6.78. The van der Waals surface area contributed by atoms with Crippen LogP contribution in [0.5, 0.6) is 0 Å². The van der Waals surface area contributed by atoms with E-state index in [1.165, 1.54) is 0 Å². The highest BCUT2D eigenvalue weighted by Gasteiger charge is 2.48. The molecular formula is C13H18O7. The third kappa shape index (κ3) is 3.53. The predicted octanol–water partition coefficient (Wildman–Crippen LogP) is -1.88. The van der Waals surface area contributed by atoms with Gasteiger partial charge in [0.15, 0.2) is 5.60 Å². The topological polar surface area (TPSA) is 138 Å². The molecule has 0 aliphatic heterocycles. The van der Waals surface area contributed by atoms with Gasteiger partial charge in [0.25, 0.3) is 0 Å². The summed E-state index contributed by atoms with van der Waals surface area (Å²) in [5.74, 6) is -1.74. The Balaban J connectivity index is 3.00. The first-order valence-corrected chi connectivity index (χ1v) is 5.97. The molecule has 0 radical (unpaired) electrons. The second-order valence-corrected chi connectivity index (χ2v) is 4.58. The van der Waals surface area contributed by atoms with Crippen molar-refractivity contribution in [1.82, 2.24) is 0 Å². The van der Waals surface area contributed by atoms with Crippen molar-refractivity contribution in [2.75, 3.05) is 6.61 Å². The van der Waals surface area contributed by atoms with Gasteiger partial charge in [0.2, 0.25) is 0 Å². The number of carboxylic acid groups (broad SMARTS) is 1. The number of hydrogen-bond acceptors (Lipinski definition) is 6. The maximum Gasteiger partial charge on any atom is 0.338 e. The highest BCUT2D eigenvalue weighted by Crippen LogP contribution is 2.22. The van der Waals surface area contributed by atoms with E-state index >= 15 is 0 Å². The maximum atomic E-state index is 11.2. The molecular weight excluding hydrogens is 268 g/mol. The largest absolute Gasteiger partial charge is 0.479 e. The second-order valence-electron chi connectivity index (χ2n) is 4.58. The Labute approximate surface area is 115 Å². The molecule has 0 heterocycles. The lowest BCUT2D eigenvalue weighted by Gasteiger charge is -2.33. The molecule has 7 heteroatoms. The van der Waals surface area contributed by atoms with E-state index in [1.807, 2.05) is 0 Å². The maximum absolute atomic E-state index is 11.2. The lowest BCUT2D eigenvalue weighted by molar-refractivity contribution is -0.190. The van der Waals surface area contributed by atoms with Crippen LogP contribution in [0, 0.1) is 0 Å². The van der Waals surface area contributed by atoms with Crippen molar-refractivity contribution in [2.24, 2.45) is 0 Å². The number of rotatable bonds is 7. The molecule has 0 aliphatic carbocycles. The molecule has 0 saturated heterocycles. The average Bonchev–Trinajstić information content (AvgIpc) is 2.45. The number of aliphatic hydroxyl groups excluding tert-OH is 4. The molecule has 0 saturated carbocycles. The molecule has 0 bridgehead atoms. The van der Waals surface area contributed by atoms with Crippen molar-refractivity contribution in [3.63, 3.8) is 0 Å². The van der Waals surface area contributed by atoms with E-state index in [9.17, 15) is 25.2 Å². The summed E-state index contributed by atoms with van der Waals surface area (Å²) in [4.78, 5) is 11.2. The van der Waals surface area contributed by atoms with Crippen LogP contribution in [0.15, 0.2) is 30.3 Å². The summed E-state index contributed by atoms with van der Waals surface area (Å²) in [7, 11) is 0. The molecule has 4 atom stereocenters. The monoisotopic (exact) mass is 286 g/mol. The quantitative estimate of drug-likeness (QED) is 0.345. The fraction of sp³-hybridized carbons (Fsp3) is 0.462. The van der Waals surface area contributed by atoms with Crippen molar-refractivity contribution in [2.45, 2.75) is 30.3 Å². The van der Waals surface area contributed by atoms with E-state index in [0.29, 0.717) is 5.56 Å². The third-order valence-electron chi connectivity index (χ3n) is 3.08. The summed E-state index contributed by atoms with van der Waals surface area (Å²) in [5.41, 5.74) is -2.25. The minimum Gasteiger partial charge on any atom is -0.479 e. The molecule has 1 aromatic rings. The number of aliphatic carboxylic acids is 1. The van der Waals surface area contributed by atoms with Gasteiger partial charge < -0.3 is 30.6 Å². The van der Waals surface area contributed by atoms with Gasteiger partial charge in [0, 0.05) is 6.42 Å². The Morgan fingerprint density at radius 3 is 2.15 bits per heavy atom. The minimum absolute atomic E-state index is 0.433. The fourth-order valence-electron chi connectivity index (χ4n) is 1.81. The number of carboxylic acids is 1. The highest BCUT2D eigenvalue weighted by molar-refractivity contribution is 5.78. The van der Waals surface area contributed by atoms with E-state index in [2.05, 4.69) is 0 Å². The Morgan fingerprint density at radius 1 is 1.15 bits per heavy atom. The van der Waals surface area contributed by atoms with E-state index in [0.717, 1.165) is 0 Å². The summed E-state index contributed by atoms with van der Waals surface area (Å²) < 4.78 is 0. The van der Waals surface area contributed by atoms with Crippen LogP contribution >= 0.6 is 0 Å². The lowest BCUT2D eigenvalue weighted by Crippen LogP contribution is -2.59. The molecule has 112 valence electrons. The Bertz CT molecular complexity index is 436. The summed E-state index contributed by atoms with van der Waals surface area (Å²) in [6, 6.07) is 8.06. The number of carbonyl (C=O) groups is 1. The normalized spacial score (nSPS) is 18.9.